The number of thiophene rings is 1. The predicted molar refractivity (Wildman–Crippen MR) is 115 cm³/mol. The van der Waals surface area contributed by atoms with Gasteiger partial charge in [0.25, 0.3) is 5.56 Å². The van der Waals surface area contributed by atoms with Gasteiger partial charge in [-0.15, -0.1) is 11.3 Å². The minimum Gasteiger partial charge on any atom is -0.545 e. The fraction of sp³-hybridized carbons (Fsp3) is 0.182. The number of hydrogen-bond donors (Lipinski definition) is 0. The molecule has 1 atom stereocenters. The van der Waals surface area contributed by atoms with Gasteiger partial charge in [0.05, 0.1) is 28.4 Å². The van der Waals surface area contributed by atoms with E-state index in [1.807, 2.05) is 17.5 Å². The quantitative estimate of drug-likeness (QED) is 0.541. The van der Waals surface area contributed by atoms with E-state index in [9.17, 15) is 19.5 Å². The Hall–Kier alpha value is -3.30. The molecule has 0 radical (unpaired) electrons. The molecule has 0 bridgehead atoms. The lowest BCUT2D eigenvalue weighted by Gasteiger charge is -2.23. The van der Waals surface area contributed by atoms with Crippen LogP contribution >= 0.6 is 22.7 Å². The first-order valence-electron chi connectivity index (χ1n) is 9.45. The summed E-state index contributed by atoms with van der Waals surface area (Å²) < 4.78 is 7.20. The fourth-order valence-corrected chi connectivity index (χ4v) is 5.24. The van der Waals surface area contributed by atoms with Crippen LogP contribution in [-0.2, 0) is 9.53 Å². The predicted octanol–water partition coefficient (Wildman–Crippen LogP) is 1.22. The molecule has 1 aliphatic heterocycles. The summed E-state index contributed by atoms with van der Waals surface area (Å²) in [5, 5.41) is 12.8. The van der Waals surface area contributed by atoms with Gasteiger partial charge in [-0.1, -0.05) is 41.7 Å². The van der Waals surface area contributed by atoms with Crippen LogP contribution in [0.4, 0.5) is 0 Å². The third kappa shape index (κ3) is 3.89. The van der Waals surface area contributed by atoms with Gasteiger partial charge in [-0.3, -0.25) is 9.36 Å². The first-order chi connectivity index (χ1) is 14.9. The van der Waals surface area contributed by atoms with Crippen LogP contribution in [-0.4, -0.2) is 23.1 Å². The Bertz CT molecular complexity index is 1360. The van der Waals surface area contributed by atoms with Crippen LogP contribution in [0.2, 0.25) is 0 Å². The van der Waals surface area contributed by atoms with Crippen molar-refractivity contribution < 1.29 is 19.4 Å². The highest BCUT2D eigenvalue weighted by Crippen LogP contribution is 2.33. The van der Waals surface area contributed by atoms with Crippen LogP contribution in [0, 0.1) is 0 Å². The van der Waals surface area contributed by atoms with Crippen LogP contribution in [0.3, 0.4) is 0 Å². The first-order valence-corrected chi connectivity index (χ1v) is 11.1. The third-order valence-corrected chi connectivity index (χ3v) is 6.68. The molecule has 0 N–H and O–H groups in total. The van der Waals surface area contributed by atoms with Gasteiger partial charge in [-0.05, 0) is 42.5 Å². The number of esters is 1. The van der Waals surface area contributed by atoms with Gasteiger partial charge in [-0.25, -0.2) is 9.79 Å². The van der Waals surface area contributed by atoms with Crippen LogP contribution < -0.4 is 20.0 Å². The van der Waals surface area contributed by atoms with Crippen molar-refractivity contribution in [3.63, 3.8) is 0 Å². The Morgan fingerprint density at radius 1 is 1.26 bits per heavy atom. The molecular formula is C22H17N2O5S2-. The van der Waals surface area contributed by atoms with Gasteiger partial charge in [0.15, 0.2) is 4.80 Å². The largest absolute Gasteiger partial charge is 0.545 e. The zero-order valence-corrected chi connectivity index (χ0v) is 18.3. The number of thiazole rings is 1. The average molecular weight is 454 g/mol. The Morgan fingerprint density at radius 2 is 2.00 bits per heavy atom. The molecule has 0 fully saturated rings. The molecule has 3 heterocycles. The van der Waals surface area contributed by atoms with Crippen molar-refractivity contribution >= 4 is 40.7 Å². The lowest BCUT2D eigenvalue weighted by Crippen LogP contribution is -2.39. The van der Waals surface area contributed by atoms with Gasteiger partial charge in [0.2, 0.25) is 0 Å². The number of allylic oxidation sites excluding steroid dienone is 1. The van der Waals surface area contributed by atoms with Crippen molar-refractivity contribution in [1.29, 1.82) is 0 Å². The Morgan fingerprint density at radius 3 is 2.61 bits per heavy atom. The molecule has 0 unspecified atom stereocenters. The summed E-state index contributed by atoms with van der Waals surface area (Å²) in [5.74, 6) is -1.75. The molecule has 0 saturated heterocycles. The third-order valence-electron chi connectivity index (χ3n) is 4.77. The van der Waals surface area contributed by atoms with Crippen molar-refractivity contribution in [3.05, 3.63) is 88.7 Å². The standard InChI is InChI=1S/C22H18N2O5S2/c1-3-29-21(28)17-12(2)23-22-24(18(17)15-5-4-10-30-15)19(25)16(31-22)11-13-6-8-14(9-7-13)20(26)27/h4-11,18H,3H2,1-2H3,(H,26,27)/p-1/b16-11+/t18-/m1/s1. The van der Waals surface area contributed by atoms with Crippen molar-refractivity contribution in [3.8, 4) is 0 Å². The molecule has 0 amide bonds. The minimum atomic E-state index is -1.26. The summed E-state index contributed by atoms with van der Waals surface area (Å²) in [5.41, 5.74) is 1.32. The van der Waals surface area contributed by atoms with E-state index in [0.717, 1.165) is 4.88 Å². The molecule has 9 heteroatoms. The van der Waals surface area contributed by atoms with Gasteiger partial charge < -0.3 is 14.6 Å². The van der Waals surface area contributed by atoms with Crippen molar-refractivity contribution in [1.82, 2.24) is 4.57 Å². The number of carboxylic acid groups (broad SMARTS) is 1. The number of carbonyl (C=O) groups excluding carboxylic acids is 2. The van der Waals surface area contributed by atoms with Crippen LogP contribution in [0.15, 0.2) is 62.8 Å². The van der Waals surface area contributed by atoms with Crippen LogP contribution in [0.25, 0.3) is 6.08 Å². The first kappa shape index (κ1) is 21.0. The van der Waals surface area contributed by atoms with E-state index in [1.54, 1.807) is 32.1 Å². The second-order valence-corrected chi connectivity index (χ2v) is 8.72. The maximum Gasteiger partial charge on any atom is 0.338 e. The van der Waals surface area contributed by atoms with Crippen molar-refractivity contribution in [2.24, 2.45) is 4.99 Å². The molecular weight excluding hydrogens is 436 g/mol. The van der Waals surface area contributed by atoms with Gasteiger partial charge in [0.1, 0.15) is 6.04 Å². The highest BCUT2D eigenvalue weighted by molar-refractivity contribution is 7.10. The highest BCUT2D eigenvalue weighted by atomic mass is 32.1. The maximum absolute atomic E-state index is 13.3. The molecule has 0 aliphatic carbocycles. The molecule has 31 heavy (non-hydrogen) atoms. The smallest absolute Gasteiger partial charge is 0.338 e. The zero-order chi connectivity index (χ0) is 22.1. The molecule has 0 spiro atoms. The summed E-state index contributed by atoms with van der Waals surface area (Å²) in [6.07, 6.45) is 1.68. The van der Waals surface area contributed by atoms with Crippen LogP contribution in [0.5, 0.6) is 0 Å². The summed E-state index contributed by atoms with van der Waals surface area (Å²) in [4.78, 5) is 42.8. The minimum absolute atomic E-state index is 0.0611. The summed E-state index contributed by atoms with van der Waals surface area (Å²) >= 11 is 2.67. The molecule has 2 aromatic heterocycles. The maximum atomic E-state index is 13.3. The number of rotatable bonds is 5. The second-order valence-electron chi connectivity index (χ2n) is 6.73. The molecule has 0 saturated carbocycles. The number of carboxylic acids is 1. The molecule has 3 aromatic rings. The molecule has 7 nitrogen and oxygen atoms in total. The number of nitrogens with zero attached hydrogens (tertiary/aromatic N) is 2. The average Bonchev–Trinajstić information content (AvgIpc) is 3.36. The Kier molecular flexibility index (Phi) is 5.71. The lowest BCUT2D eigenvalue weighted by molar-refractivity contribution is -0.255. The molecule has 158 valence electrons. The van der Waals surface area contributed by atoms with Crippen molar-refractivity contribution in [2.75, 3.05) is 6.61 Å². The molecule has 4 rings (SSSR count). The van der Waals surface area contributed by atoms with E-state index >= 15 is 0 Å². The topological polar surface area (TPSA) is 101 Å². The summed E-state index contributed by atoms with van der Waals surface area (Å²) in [6, 6.07) is 9.20. The Balaban J connectivity index is 1.88. The number of aromatic carboxylic acids is 1. The van der Waals surface area contributed by atoms with E-state index in [2.05, 4.69) is 4.99 Å². The number of ether oxygens (including phenoxy) is 1. The second kappa shape index (κ2) is 8.44. The number of benzene rings is 1. The van der Waals surface area contributed by atoms with Gasteiger partial charge in [0, 0.05) is 4.88 Å². The normalized spacial score (nSPS) is 16.1. The summed E-state index contributed by atoms with van der Waals surface area (Å²) in [6.45, 7) is 3.69. The van der Waals surface area contributed by atoms with Gasteiger partial charge >= 0.3 is 5.97 Å². The van der Waals surface area contributed by atoms with Gasteiger partial charge in [-0.2, -0.15) is 0 Å². The van der Waals surface area contributed by atoms with Crippen LogP contribution in [0.1, 0.15) is 40.7 Å². The monoisotopic (exact) mass is 453 g/mol. The summed E-state index contributed by atoms with van der Waals surface area (Å²) in [7, 11) is 0. The van der Waals surface area contributed by atoms with E-state index in [-0.39, 0.29) is 17.7 Å². The molecule has 1 aliphatic rings. The number of hydrogen-bond acceptors (Lipinski definition) is 8. The number of fused-ring (bicyclic) bond motifs is 1. The zero-order valence-electron chi connectivity index (χ0n) is 16.7. The molecule has 1 aromatic carbocycles. The van der Waals surface area contributed by atoms with E-state index in [1.165, 1.54) is 39.4 Å². The highest BCUT2D eigenvalue weighted by Gasteiger charge is 2.33. The lowest BCUT2D eigenvalue weighted by atomic mass is 10.0. The fourth-order valence-electron chi connectivity index (χ4n) is 3.37. The van der Waals surface area contributed by atoms with Crippen molar-refractivity contribution in [2.45, 2.75) is 19.9 Å². The number of aromatic nitrogens is 1. The Labute approximate surface area is 184 Å². The van der Waals surface area contributed by atoms with E-state index < -0.39 is 18.0 Å². The van der Waals surface area contributed by atoms with E-state index in [4.69, 9.17) is 4.74 Å². The SMILES string of the molecule is CCOC(=O)C1=C(C)N=c2s/c(=C/c3ccc(C(=O)[O-])cc3)c(=O)n2[C@@H]1c1cccs1. The van der Waals surface area contributed by atoms with E-state index in [0.29, 0.717) is 26.2 Å². The number of carbonyl (C=O) groups is 2.